The number of hydrogen-bond donors (Lipinski definition) is 1. The zero-order chi connectivity index (χ0) is 14.5. The van der Waals surface area contributed by atoms with E-state index in [1.807, 2.05) is 30.1 Å². The Kier molecular flexibility index (Phi) is 7.15. The average Bonchev–Trinajstić information content (AvgIpc) is 2.49. The van der Waals surface area contributed by atoms with Crippen molar-refractivity contribution in [3.05, 3.63) is 35.9 Å². The molecule has 0 saturated carbocycles. The number of halogens is 1. The number of amides is 1. The minimum atomic E-state index is 0. The summed E-state index contributed by atoms with van der Waals surface area (Å²) >= 11 is 0. The first-order valence-corrected chi connectivity index (χ1v) is 7.35. The molecule has 1 aliphatic heterocycles. The summed E-state index contributed by atoms with van der Waals surface area (Å²) in [6, 6.07) is 10.7. The molecule has 1 N–H and O–H groups in total. The quantitative estimate of drug-likeness (QED) is 0.923. The Morgan fingerprint density at radius 3 is 2.71 bits per heavy atom. The number of rotatable bonds is 4. The second-order valence-electron chi connectivity index (χ2n) is 5.61. The van der Waals surface area contributed by atoms with Gasteiger partial charge in [-0.25, -0.2) is 0 Å². The number of piperazine rings is 1. The van der Waals surface area contributed by atoms with Gasteiger partial charge in [0.25, 0.3) is 0 Å². The number of carbonyl (C=O) groups is 1. The van der Waals surface area contributed by atoms with E-state index in [-0.39, 0.29) is 24.4 Å². The minimum Gasteiger partial charge on any atom is -0.338 e. The number of likely N-dealkylation sites (N-methyl/N-ethyl adjacent to an activating group) is 1. The molecule has 5 heteroatoms. The predicted octanol–water partition coefficient (Wildman–Crippen LogP) is 1.92. The average molecular weight is 312 g/mol. The Hall–Kier alpha value is -1.10. The van der Waals surface area contributed by atoms with Gasteiger partial charge in [0.05, 0.1) is 12.6 Å². The molecule has 4 nitrogen and oxygen atoms in total. The van der Waals surface area contributed by atoms with Crippen LogP contribution >= 0.6 is 12.4 Å². The van der Waals surface area contributed by atoms with E-state index >= 15 is 0 Å². The molecule has 1 fully saturated rings. The fourth-order valence-corrected chi connectivity index (χ4v) is 2.57. The van der Waals surface area contributed by atoms with Gasteiger partial charge in [0.1, 0.15) is 0 Å². The summed E-state index contributed by atoms with van der Waals surface area (Å²) in [4.78, 5) is 16.5. The van der Waals surface area contributed by atoms with E-state index in [0.29, 0.717) is 12.6 Å². The van der Waals surface area contributed by atoms with Crippen LogP contribution in [0.25, 0.3) is 0 Å². The molecule has 1 amide bonds. The second kappa shape index (κ2) is 8.37. The Bertz CT molecular complexity index is 440. The van der Waals surface area contributed by atoms with E-state index < -0.39 is 0 Å². The lowest BCUT2D eigenvalue weighted by atomic mass is 10.1. The van der Waals surface area contributed by atoms with Gasteiger partial charge in [0.15, 0.2) is 0 Å². The Labute approximate surface area is 133 Å². The zero-order valence-electron chi connectivity index (χ0n) is 13.1. The molecule has 21 heavy (non-hydrogen) atoms. The second-order valence-corrected chi connectivity index (χ2v) is 5.61. The van der Waals surface area contributed by atoms with Crippen molar-refractivity contribution in [3.63, 3.8) is 0 Å². The van der Waals surface area contributed by atoms with Gasteiger partial charge in [-0.2, -0.15) is 0 Å². The third kappa shape index (κ3) is 4.70. The van der Waals surface area contributed by atoms with Gasteiger partial charge in [-0.05, 0) is 19.4 Å². The van der Waals surface area contributed by atoms with E-state index in [4.69, 9.17) is 0 Å². The van der Waals surface area contributed by atoms with Crippen molar-refractivity contribution >= 4 is 18.3 Å². The molecular formula is C16H26ClN3O. The van der Waals surface area contributed by atoms with Crippen LogP contribution in [-0.4, -0.2) is 55.0 Å². The van der Waals surface area contributed by atoms with Crippen molar-refractivity contribution in [1.29, 1.82) is 0 Å². The van der Waals surface area contributed by atoms with Crippen LogP contribution in [0.1, 0.15) is 25.5 Å². The maximum atomic E-state index is 12.4. The molecule has 0 aromatic heterocycles. The fraction of sp³-hybridized carbons (Fsp3) is 0.562. The lowest BCUT2D eigenvalue weighted by molar-refractivity contribution is -0.133. The maximum Gasteiger partial charge on any atom is 0.237 e. The number of carbonyl (C=O) groups excluding carboxylic acids is 1. The van der Waals surface area contributed by atoms with Crippen LogP contribution < -0.4 is 5.32 Å². The van der Waals surface area contributed by atoms with Gasteiger partial charge >= 0.3 is 0 Å². The number of hydrogen-bond acceptors (Lipinski definition) is 3. The SMILES string of the molecule is CC(c1ccccc1)N(C)C(=O)CN1CCNC[C@H]1C.Cl. The molecule has 0 radical (unpaired) electrons. The molecule has 1 heterocycles. The molecule has 1 saturated heterocycles. The summed E-state index contributed by atoms with van der Waals surface area (Å²) in [5, 5.41) is 3.35. The monoisotopic (exact) mass is 311 g/mol. The molecule has 2 rings (SSSR count). The van der Waals surface area contributed by atoms with E-state index in [9.17, 15) is 4.79 Å². The van der Waals surface area contributed by atoms with Gasteiger partial charge in [0.2, 0.25) is 5.91 Å². The highest BCUT2D eigenvalue weighted by atomic mass is 35.5. The number of nitrogens with zero attached hydrogens (tertiary/aromatic N) is 2. The summed E-state index contributed by atoms with van der Waals surface area (Å²) in [6.45, 7) is 7.63. The number of nitrogens with one attached hydrogen (secondary N) is 1. The first-order valence-electron chi connectivity index (χ1n) is 7.35. The van der Waals surface area contributed by atoms with Crippen molar-refractivity contribution in [2.45, 2.75) is 25.9 Å². The van der Waals surface area contributed by atoms with Crippen LogP contribution in [-0.2, 0) is 4.79 Å². The van der Waals surface area contributed by atoms with Crippen LogP contribution in [0, 0.1) is 0 Å². The van der Waals surface area contributed by atoms with Crippen molar-refractivity contribution in [1.82, 2.24) is 15.1 Å². The molecule has 0 bridgehead atoms. The molecule has 2 atom stereocenters. The van der Waals surface area contributed by atoms with Crippen LogP contribution in [0.5, 0.6) is 0 Å². The third-order valence-electron chi connectivity index (χ3n) is 4.23. The molecule has 118 valence electrons. The molecule has 1 aromatic carbocycles. The highest BCUT2D eigenvalue weighted by Gasteiger charge is 2.24. The topological polar surface area (TPSA) is 35.6 Å². The van der Waals surface area contributed by atoms with Gasteiger partial charge in [-0.3, -0.25) is 9.69 Å². The Balaban J connectivity index is 0.00000220. The highest BCUT2D eigenvalue weighted by molar-refractivity contribution is 5.85. The summed E-state index contributed by atoms with van der Waals surface area (Å²) < 4.78 is 0. The zero-order valence-corrected chi connectivity index (χ0v) is 13.9. The molecule has 0 spiro atoms. The Morgan fingerprint density at radius 1 is 1.43 bits per heavy atom. The summed E-state index contributed by atoms with van der Waals surface area (Å²) in [6.07, 6.45) is 0. The normalized spacial score (nSPS) is 20.4. The maximum absolute atomic E-state index is 12.4. The fourth-order valence-electron chi connectivity index (χ4n) is 2.57. The van der Waals surface area contributed by atoms with E-state index in [2.05, 4.69) is 36.2 Å². The van der Waals surface area contributed by atoms with Crippen molar-refractivity contribution in [3.8, 4) is 0 Å². The molecule has 0 aliphatic carbocycles. The summed E-state index contributed by atoms with van der Waals surface area (Å²) in [7, 11) is 1.90. The van der Waals surface area contributed by atoms with Crippen molar-refractivity contribution in [2.24, 2.45) is 0 Å². The summed E-state index contributed by atoms with van der Waals surface area (Å²) in [5.41, 5.74) is 1.18. The van der Waals surface area contributed by atoms with Crippen LogP contribution in [0.2, 0.25) is 0 Å². The Morgan fingerprint density at radius 2 is 2.10 bits per heavy atom. The number of benzene rings is 1. The smallest absolute Gasteiger partial charge is 0.237 e. The largest absolute Gasteiger partial charge is 0.338 e. The van der Waals surface area contributed by atoms with Crippen LogP contribution in [0.3, 0.4) is 0 Å². The van der Waals surface area contributed by atoms with Crippen molar-refractivity contribution in [2.75, 3.05) is 33.2 Å². The van der Waals surface area contributed by atoms with E-state index in [1.54, 1.807) is 0 Å². The first kappa shape index (κ1) is 18.0. The lowest BCUT2D eigenvalue weighted by Crippen LogP contribution is -2.53. The van der Waals surface area contributed by atoms with Gasteiger partial charge in [0, 0.05) is 32.7 Å². The third-order valence-corrected chi connectivity index (χ3v) is 4.23. The van der Waals surface area contributed by atoms with Crippen LogP contribution in [0.4, 0.5) is 0 Å². The minimum absolute atomic E-state index is 0. The predicted molar refractivity (Wildman–Crippen MR) is 88.8 cm³/mol. The van der Waals surface area contributed by atoms with Gasteiger partial charge in [-0.15, -0.1) is 12.4 Å². The summed E-state index contributed by atoms with van der Waals surface area (Å²) in [5.74, 6) is 0.190. The highest BCUT2D eigenvalue weighted by Crippen LogP contribution is 2.18. The van der Waals surface area contributed by atoms with Gasteiger partial charge < -0.3 is 10.2 Å². The standard InChI is InChI=1S/C16H25N3O.ClH/c1-13-11-17-9-10-19(13)12-16(20)18(3)14(2)15-7-5-4-6-8-15;/h4-8,13-14,17H,9-12H2,1-3H3;1H/t13-,14?;/m1./s1. The molecule has 1 aliphatic rings. The van der Waals surface area contributed by atoms with Crippen molar-refractivity contribution < 1.29 is 4.79 Å². The van der Waals surface area contributed by atoms with Crippen LogP contribution in [0.15, 0.2) is 30.3 Å². The van der Waals surface area contributed by atoms with E-state index in [0.717, 1.165) is 19.6 Å². The molecule has 1 unspecified atom stereocenters. The first-order chi connectivity index (χ1) is 9.59. The molecular weight excluding hydrogens is 286 g/mol. The van der Waals surface area contributed by atoms with E-state index in [1.165, 1.54) is 5.56 Å². The lowest BCUT2D eigenvalue weighted by Gasteiger charge is -2.35. The van der Waals surface area contributed by atoms with Gasteiger partial charge in [-0.1, -0.05) is 30.3 Å². The molecule has 1 aromatic rings.